The van der Waals surface area contributed by atoms with E-state index in [1.165, 1.54) is 0 Å². The van der Waals surface area contributed by atoms with Gasteiger partial charge in [0, 0.05) is 6.20 Å². The topological polar surface area (TPSA) is 64.1 Å². The van der Waals surface area contributed by atoms with Crippen molar-refractivity contribution >= 4 is 27.6 Å². The number of hydrogen-bond donors (Lipinski definition) is 1. The average molecular weight is 265 g/mol. The highest BCUT2D eigenvalue weighted by atomic mass is 32.1. The van der Waals surface area contributed by atoms with Crippen LogP contribution in [0.25, 0.3) is 10.2 Å². The number of fused-ring (bicyclic) bond motifs is 1. The highest BCUT2D eigenvalue weighted by Crippen LogP contribution is 2.19. The average Bonchev–Trinajstić information content (AvgIpc) is 2.72. The molecule has 0 saturated heterocycles. The van der Waals surface area contributed by atoms with Crippen LogP contribution in [0, 0.1) is 0 Å². The molecule has 0 saturated carbocycles. The van der Waals surface area contributed by atoms with Crippen LogP contribution in [0.1, 0.15) is 26.5 Å². The monoisotopic (exact) mass is 265 g/mol. The molecule has 1 N–H and O–H groups in total. The van der Waals surface area contributed by atoms with Gasteiger partial charge in [0.2, 0.25) is 0 Å². The lowest BCUT2D eigenvalue weighted by molar-refractivity contribution is 0.0523. The molecule has 0 spiro atoms. The smallest absolute Gasteiger partial charge is 0.407 e. The van der Waals surface area contributed by atoms with Crippen molar-refractivity contribution in [2.24, 2.45) is 0 Å². The number of ether oxygens (including phenoxy) is 1. The minimum Gasteiger partial charge on any atom is -0.444 e. The molecule has 5 nitrogen and oxygen atoms in total. The molecule has 18 heavy (non-hydrogen) atoms. The number of amides is 1. The van der Waals surface area contributed by atoms with Crippen LogP contribution in [0.5, 0.6) is 0 Å². The van der Waals surface area contributed by atoms with Crippen LogP contribution in [0.15, 0.2) is 17.8 Å². The first kappa shape index (κ1) is 12.8. The van der Waals surface area contributed by atoms with Crippen molar-refractivity contribution in [3.05, 3.63) is 23.5 Å². The van der Waals surface area contributed by atoms with Gasteiger partial charge in [-0.3, -0.25) is 4.98 Å². The number of aromatic nitrogens is 2. The van der Waals surface area contributed by atoms with E-state index in [-0.39, 0.29) is 0 Å². The number of nitrogens with one attached hydrogen (secondary N) is 1. The maximum absolute atomic E-state index is 11.5. The summed E-state index contributed by atoms with van der Waals surface area (Å²) in [6.45, 7) is 5.79. The molecule has 0 aliphatic carbocycles. The molecule has 0 unspecified atom stereocenters. The van der Waals surface area contributed by atoms with Crippen LogP contribution in [0.2, 0.25) is 0 Å². The van der Waals surface area contributed by atoms with Crippen LogP contribution in [-0.2, 0) is 11.3 Å². The molecule has 1 amide bonds. The van der Waals surface area contributed by atoms with Crippen LogP contribution in [-0.4, -0.2) is 21.7 Å². The summed E-state index contributed by atoms with van der Waals surface area (Å²) in [4.78, 5) is 20.0. The Morgan fingerprint density at radius 2 is 2.22 bits per heavy atom. The zero-order chi connectivity index (χ0) is 13.2. The number of thiazole rings is 1. The lowest BCUT2D eigenvalue weighted by Crippen LogP contribution is -2.32. The first-order chi connectivity index (χ1) is 8.46. The lowest BCUT2D eigenvalue weighted by Gasteiger charge is -2.19. The van der Waals surface area contributed by atoms with Crippen molar-refractivity contribution in [2.45, 2.75) is 32.9 Å². The molecule has 0 fully saturated rings. The van der Waals surface area contributed by atoms with Gasteiger partial charge in [0.05, 0.1) is 22.4 Å². The number of carbonyl (C=O) groups excluding carboxylic acids is 1. The second-order valence-electron chi connectivity index (χ2n) is 4.81. The minimum atomic E-state index is -0.496. The summed E-state index contributed by atoms with van der Waals surface area (Å²) in [5, 5.41) is 2.68. The second-order valence-corrected chi connectivity index (χ2v) is 5.70. The van der Waals surface area contributed by atoms with E-state index in [0.717, 1.165) is 15.9 Å². The SMILES string of the molecule is CC(C)(C)OC(=O)NCc1nccc2scnc12. The van der Waals surface area contributed by atoms with Gasteiger partial charge in [-0.2, -0.15) is 0 Å². The molecular formula is C12H15N3O2S. The van der Waals surface area contributed by atoms with Crippen LogP contribution in [0.3, 0.4) is 0 Å². The molecule has 2 aromatic heterocycles. The lowest BCUT2D eigenvalue weighted by atomic mass is 10.2. The predicted octanol–water partition coefficient (Wildman–Crippen LogP) is 2.72. The maximum Gasteiger partial charge on any atom is 0.407 e. The van der Waals surface area contributed by atoms with E-state index in [1.54, 1.807) is 23.0 Å². The van der Waals surface area contributed by atoms with Crippen LogP contribution in [0.4, 0.5) is 4.79 Å². The van der Waals surface area contributed by atoms with E-state index in [1.807, 2.05) is 26.8 Å². The van der Waals surface area contributed by atoms with E-state index >= 15 is 0 Å². The van der Waals surface area contributed by atoms with Gasteiger partial charge in [0.25, 0.3) is 0 Å². The maximum atomic E-state index is 11.5. The number of pyridine rings is 1. The van der Waals surface area contributed by atoms with E-state index in [0.29, 0.717) is 6.54 Å². The molecule has 0 aromatic carbocycles. The second kappa shape index (κ2) is 4.89. The molecule has 2 heterocycles. The van der Waals surface area contributed by atoms with Gasteiger partial charge in [-0.1, -0.05) is 0 Å². The highest BCUT2D eigenvalue weighted by molar-refractivity contribution is 7.16. The van der Waals surface area contributed by atoms with Gasteiger partial charge in [-0.15, -0.1) is 11.3 Å². The van der Waals surface area contributed by atoms with Crippen LogP contribution >= 0.6 is 11.3 Å². The van der Waals surface area contributed by atoms with Crippen molar-refractivity contribution in [3.8, 4) is 0 Å². The first-order valence-electron chi connectivity index (χ1n) is 5.59. The first-order valence-corrected chi connectivity index (χ1v) is 6.47. The van der Waals surface area contributed by atoms with Crippen LogP contribution < -0.4 is 5.32 Å². The third kappa shape index (κ3) is 3.16. The molecular weight excluding hydrogens is 250 g/mol. The number of rotatable bonds is 2. The van der Waals surface area contributed by atoms with Crippen molar-refractivity contribution in [1.29, 1.82) is 0 Å². The third-order valence-corrected chi connectivity index (χ3v) is 2.92. The largest absolute Gasteiger partial charge is 0.444 e. The third-order valence-electron chi connectivity index (χ3n) is 2.12. The van der Waals surface area contributed by atoms with Gasteiger partial charge in [-0.05, 0) is 26.8 Å². The van der Waals surface area contributed by atoms with E-state index in [2.05, 4.69) is 15.3 Å². The zero-order valence-corrected chi connectivity index (χ0v) is 11.4. The Balaban J connectivity index is 2.02. The van der Waals surface area contributed by atoms with Gasteiger partial charge in [0.15, 0.2) is 0 Å². The molecule has 0 bridgehead atoms. The van der Waals surface area contributed by atoms with Gasteiger partial charge >= 0.3 is 6.09 Å². The van der Waals surface area contributed by atoms with E-state index in [9.17, 15) is 4.79 Å². The Morgan fingerprint density at radius 3 is 2.94 bits per heavy atom. The molecule has 0 radical (unpaired) electrons. The zero-order valence-electron chi connectivity index (χ0n) is 10.6. The summed E-state index contributed by atoms with van der Waals surface area (Å²) >= 11 is 1.55. The standard InChI is InChI=1S/C12H15N3O2S/c1-12(2,3)17-11(16)14-6-8-10-9(4-5-13-8)18-7-15-10/h4-5,7H,6H2,1-3H3,(H,14,16). The van der Waals surface area contributed by atoms with Crippen molar-refractivity contribution in [3.63, 3.8) is 0 Å². The van der Waals surface area contributed by atoms with Gasteiger partial charge < -0.3 is 10.1 Å². The van der Waals surface area contributed by atoms with Crippen molar-refractivity contribution in [1.82, 2.24) is 15.3 Å². The molecule has 2 aromatic rings. The number of nitrogens with zero attached hydrogens (tertiary/aromatic N) is 2. The quantitative estimate of drug-likeness (QED) is 0.906. The fourth-order valence-corrected chi connectivity index (χ4v) is 2.14. The molecule has 2 rings (SSSR count). The van der Waals surface area contributed by atoms with E-state index in [4.69, 9.17) is 4.74 Å². The number of hydrogen-bond acceptors (Lipinski definition) is 5. The van der Waals surface area contributed by atoms with Gasteiger partial charge in [0.1, 0.15) is 11.1 Å². The fraction of sp³-hybridized carbons (Fsp3) is 0.417. The predicted molar refractivity (Wildman–Crippen MR) is 70.5 cm³/mol. The van der Waals surface area contributed by atoms with Crippen molar-refractivity contribution < 1.29 is 9.53 Å². The fourth-order valence-electron chi connectivity index (χ4n) is 1.45. The van der Waals surface area contributed by atoms with Gasteiger partial charge in [-0.25, -0.2) is 9.78 Å². The Hall–Kier alpha value is -1.69. The Morgan fingerprint density at radius 1 is 1.44 bits per heavy atom. The minimum absolute atomic E-state index is 0.315. The normalized spacial score (nSPS) is 11.5. The molecule has 0 aliphatic heterocycles. The molecule has 0 aliphatic rings. The molecule has 6 heteroatoms. The Kier molecular flexibility index (Phi) is 3.47. The summed E-state index contributed by atoms with van der Waals surface area (Å²) in [5.41, 5.74) is 2.85. The summed E-state index contributed by atoms with van der Waals surface area (Å²) in [7, 11) is 0. The molecule has 96 valence electrons. The molecule has 0 atom stereocenters. The van der Waals surface area contributed by atoms with E-state index < -0.39 is 11.7 Å². The summed E-state index contributed by atoms with van der Waals surface area (Å²) in [6.07, 6.45) is 1.27. The number of carbonyl (C=O) groups is 1. The van der Waals surface area contributed by atoms with Crippen molar-refractivity contribution in [2.75, 3.05) is 0 Å². The summed E-state index contributed by atoms with van der Waals surface area (Å²) in [5.74, 6) is 0. The summed E-state index contributed by atoms with van der Waals surface area (Å²) in [6, 6.07) is 1.91. The number of alkyl carbamates (subject to hydrolysis) is 1. The summed E-state index contributed by atoms with van der Waals surface area (Å²) < 4.78 is 6.22. The highest BCUT2D eigenvalue weighted by Gasteiger charge is 2.16. The Labute approximate surface area is 109 Å². The Bertz CT molecular complexity index is 560.